The fourth-order valence-electron chi connectivity index (χ4n) is 0.204. The molecule has 0 unspecified atom stereocenters. The maximum absolute atomic E-state index is 9.50. The van der Waals surface area contributed by atoms with Crippen molar-refractivity contribution in [3.8, 4) is 0 Å². The Morgan fingerprint density at radius 3 is 1.33 bits per heavy atom. The van der Waals surface area contributed by atoms with Gasteiger partial charge >= 0.3 is 0 Å². The van der Waals surface area contributed by atoms with Crippen LogP contribution in [0.15, 0.2) is 0 Å². The summed E-state index contributed by atoms with van der Waals surface area (Å²) >= 11 is 0. The van der Waals surface area contributed by atoms with Gasteiger partial charge in [-0.3, -0.25) is 0 Å². The van der Waals surface area contributed by atoms with Gasteiger partial charge in [-0.15, -0.1) is 0 Å². The van der Waals surface area contributed by atoms with Crippen molar-refractivity contribution in [3.05, 3.63) is 0 Å². The van der Waals surface area contributed by atoms with Crippen LogP contribution < -0.4 is 10.2 Å². The van der Waals surface area contributed by atoms with Crippen LogP contribution >= 0.6 is 0 Å². The van der Waals surface area contributed by atoms with Crippen LogP contribution in [-0.2, 0) is 32.0 Å². The first-order valence-corrected chi connectivity index (χ1v) is 2.02. The van der Waals surface area contributed by atoms with Crippen molar-refractivity contribution in [2.24, 2.45) is 0 Å². The zero-order valence-electron chi connectivity index (χ0n) is 4.35. The van der Waals surface area contributed by atoms with Crippen LogP contribution in [0, 0.1) is 0 Å². The van der Waals surface area contributed by atoms with E-state index in [4.69, 9.17) is 0 Å². The second-order valence-corrected chi connectivity index (χ2v) is 1.24. The number of carbonyl (C=O) groups excluding carboxylic acids is 2. The van der Waals surface area contributed by atoms with Crippen LogP contribution in [-0.4, -0.2) is 11.9 Å². The predicted octanol–water partition coefficient (Wildman–Crippen LogP) is -2.74. The van der Waals surface area contributed by atoms with Gasteiger partial charge in [0.05, 0.1) is 0 Å². The van der Waals surface area contributed by atoms with Gasteiger partial charge in [-0.25, -0.2) is 0 Å². The molecule has 0 aliphatic heterocycles. The summed E-state index contributed by atoms with van der Waals surface area (Å²) in [7, 11) is 0. The summed E-state index contributed by atoms with van der Waals surface area (Å²) in [5.74, 6) is -2.73. The van der Waals surface area contributed by atoms with Crippen molar-refractivity contribution in [3.63, 3.8) is 0 Å². The summed E-state index contributed by atoms with van der Waals surface area (Å²) in [6.07, 6.45) is -0.940. The molecule has 0 bridgehead atoms. The van der Waals surface area contributed by atoms with Crippen molar-refractivity contribution in [2.75, 3.05) is 0 Å². The Morgan fingerprint density at radius 2 is 1.22 bits per heavy atom. The van der Waals surface area contributed by atoms with Crippen LogP contribution in [0.1, 0.15) is 12.8 Å². The molecule has 0 atom stereocenters. The van der Waals surface area contributed by atoms with Gasteiger partial charge in [0, 0.05) is 34.3 Å². The molecule has 0 saturated heterocycles. The van der Waals surface area contributed by atoms with Crippen molar-refractivity contribution in [2.45, 2.75) is 12.8 Å². The van der Waals surface area contributed by atoms with E-state index in [1.165, 1.54) is 0 Å². The second-order valence-electron chi connectivity index (χ2n) is 1.24. The quantitative estimate of drug-likeness (QED) is 0.487. The zero-order valence-corrected chi connectivity index (χ0v) is 5.83. The average Bonchev–Trinajstić information content (AvgIpc) is 1.61. The Kier molecular flexibility index (Phi) is 7.41. The van der Waals surface area contributed by atoms with E-state index >= 15 is 0 Å². The van der Waals surface area contributed by atoms with Crippen LogP contribution in [0.25, 0.3) is 0 Å². The molecule has 0 spiro atoms. The molecular weight excluding hydrogens is 220 g/mol. The molecule has 0 aromatic carbocycles. The molecule has 0 fully saturated rings. The third-order valence-corrected chi connectivity index (χ3v) is 0.533. The van der Waals surface area contributed by atoms with Crippen molar-refractivity contribution < 1.29 is 42.2 Å². The Bertz CT molecular complexity index is 97.1. The molecule has 0 aromatic heterocycles. The molecular formula is C4H4AgO4-2. The Hall–Kier alpha value is -0.320. The topological polar surface area (TPSA) is 80.3 Å². The standard InChI is InChI=1S/C4H6O4.Ag/c5-3(6)1-2-4(7)8;/h1-2H2,(H,5,6)(H,7,8);/p-2. The first-order chi connectivity index (χ1) is 3.63. The fourth-order valence-corrected chi connectivity index (χ4v) is 0.204. The summed E-state index contributed by atoms with van der Waals surface area (Å²) < 4.78 is 0. The van der Waals surface area contributed by atoms with E-state index in [2.05, 4.69) is 0 Å². The molecule has 0 heterocycles. The van der Waals surface area contributed by atoms with Crippen molar-refractivity contribution >= 4 is 11.9 Å². The zero-order chi connectivity index (χ0) is 6.57. The van der Waals surface area contributed by atoms with Crippen LogP contribution in [0.4, 0.5) is 0 Å². The molecule has 0 saturated carbocycles. The van der Waals surface area contributed by atoms with E-state index < -0.39 is 24.8 Å². The van der Waals surface area contributed by atoms with Crippen LogP contribution in [0.3, 0.4) is 0 Å². The van der Waals surface area contributed by atoms with Gasteiger partial charge in [0.15, 0.2) is 0 Å². The van der Waals surface area contributed by atoms with Gasteiger partial charge in [0.2, 0.25) is 0 Å². The largest absolute Gasteiger partial charge is 0.550 e. The SMILES string of the molecule is O=C([O-])CCC(=O)[O-].[Ag]. The number of carbonyl (C=O) groups is 2. The number of carboxylic acid groups (broad SMARTS) is 2. The third-order valence-electron chi connectivity index (χ3n) is 0.533. The maximum Gasteiger partial charge on any atom is 0.0418 e. The van der Waals surface area contributed by atoms with Gasteiger partial charge < -0.3 is 19.8 Å². The maximum atomic E-state index is 9.50. The van der Waals surface area contributed by atoms with E-state index in [1.807, 2.05) is 0 Å². The monoisotopic (exact) mass is 223 g/mol. The summed E-state index contributed by atoms with van der Waals surface area (Å²) in [5.41, 5.74) is 0. The molecule has 9 heavy (non-hydrogen) atoms. The average molecular weight is 224 g/mol. The normalized spacial score (nSPS) is 7.56. The van der Waals surface area contributed by atoms with Gasteiger partial charge in [0.25, 0.3) is 0 Å². The number of hydrogen-bond donors (Lipinski definition) is 0. The molecule has 0 N–H and O–H groups in total. The van der Waals surface area contributed by atoms with E-state index in [-0.39, 0.29) is 22.4 Å². The molecule has 0 aliphatic rings. The van der Waals surface area contributed by atoms with E-state index in [0.29, 0.717) is 0 Å². The Balaban J connectivity index is 0. The molecule has 57 valence electrons. The van der Waals surface area contributed by atoms with Crippen molar-refractivity contribution in [1.29, 1.82) is 0 Å². The Morgan fingerprint density at radius 1 is 1.00 bits per heavy atom. The number of hydrogen-bond acceptors (Lipinski definition) is 4. The van der Waals surface area contributed by atoms with Crippen LogP contribution in [0.2, 0.25) is 0 Å². The second kappa shape index (κ2) is 5.81. The van der Waals surface area contributed by atoms with Gasteiger partial charge in [-0.05, 0) is 12.8 Å². The number of carboxylic acids is 2. The molecule has 0 amide bonds. The molecule has 0 rings (SSSR count). The van der Waals surface area contributed by atoms with E-state index in [9.17, 15) is 19.8 Å². The van der Waals surface area contributed by atoms with Gasteiger partial charge in [-0.1, -0.05) is 0 Å². The Labute approximate surface area is 67.4 Å². The molecule has 0 aliphatic carbocycles. The van der Waals surface area contributed by atoms with Gasteiger partial charge in [-0.2, -0.15) is 0 Å². The van der Waals surface area contributed by atoms with Crippen LogP contribution in [0.5, 0.6) is 0 Å². The summed E-state index contributed by atoms with van der Waals surface area (Å²) in [6, 6.07) is 0. The summed E-state index contributed by atoms with van der Waals surface area (Å²) in [4.78, 5) is 19.0. The minimum absolute atomic E-state index is 0. The predicted molar refractivity (Wildman–Crippen MR) is 19.2 cm³/mol. The fraction of sp³-hybridized carbons (Fsp3) is 0.500. The first kappa shape index (κ1) is 11.5. The van der Waals surface area contributed by atoms with Gasteiger partial charge in [0.1, 0.15) is 0 Å². The summed E-state index contributed by atoms with van der Waals surface area (Å²) in [6.45, 7) is 0. The van der Waals surface area contributed by atoms with Crippen molar-refractivity contribution in [1.82, 2.24) is 0 Å². The molecule has 0 aromatic rings. The molecule has 1 radical (unpaired) electrons. The number of aliphatic carboxylic acids is 2. The first-order valence-electron chi connectivity index (χ1n) is 2.02. The third kappa shape index (κ3) is 11.3. The minimum Gasteiger partial charge on any atom is -0.550 e. The number of rotatable bonds is 3. The molecule has 5 heteroatoms. The smallest absolute Gasteiger partial charge is 0.0418 e. The minimum atomic E-state index is -1.37. The van der Waals surface area contributed by atoms with E-state index in [1.54, 1.807) is 0 Å². The summed E-state index contributed by atoms with van der Waals surface area (Å²) in [5, 5.41) is 19.0. The molecule has 4 nitrogen and oxygen atoms in total. The van der Waals surface area contributed by atoms with E-state index in [0.717, 1.165) is 0 Å².